The van der Waals surface area contributed by atoms with Crippen molar-refractivity contribution in [2.75, 3.05) is 20.2 Å². The number of rotatable bonds is 8. The van der Waals surface area contributed by atoms with E-state index in [2.05, 4.69) is 11.9 Å². The summed E-state index contributed by atoms with van der Waals surface area (Å²) in [7, 11) is 1.77. The van der Waals surface area contributed by atoms with Crippen LogP contribution in [0.15, 0.2) is 40.8 Å². The van der Waals surface area contributed by atoms with Gasteiger partial charge in [0.1, 0.15) is 17.1 Å². The first-order valence-electron chi connectivity index (χ1n) is 9.49. The average Bonchev–Trinajstić information content (AvgIpc) is 3.14. The lowest BCUT2D eigenvalue weighted by Gasteiger charge is -2.17. The molecule has 1 amide bonds. The Morgan fingerprint density at radius 1 is 1.25 bits per heavy atom. The number of amides is 1. The number of carbonyl (C=O) groups is 1. The highest BCUT2D eigenvalue weighted by molar-refractivity contribution is 7.17. The van der Waals surface area contributed by atoms with E-state index in [4.69, 9.17) is 4.74 Å². The molecule has 3 rings (SSSR count). The maximum atomic E-state index is 13.1. The van der Waals surface area contributed by atoms with Crippen LogP contribution in [0, 0.1) is 0 Å². The number of thiophene rings is 1. The van der Waals surface area contributed by atoms with Gasteiger partial charge in [0.2, 0.25) is 5.91 Å². The van der Waals surface area contributed by atoms with Crippen LogP contribution in [0.1, 0.15) is 26.7 Å². The van der Waals surface area contributed by atoms with Gasteiger partial charge in [0.15, 0.2) is 0 Å². The summed E-state index contributed by atoms with van der Waals surface area (Å²) in [6.45, 7) is 5.32. The topological polar surface area (TPSA) is 64.4 Å². The number of aromatic nitrogens is 2. The molecule has 0 aliphatic rings. The quantitative estimate of drug-likeness (QED) is 0.578. The summed E-state index contributed by atoms with van der Waals surface area (Å²) in [6.07, 6.45) is 3.43. The van der Waals surface area contributed by atoms with Crippen molar-refractivity contribution in [3.8, 4) is 16.9 Å². The van der Waals surface area contributed by atoms with Crippen molar-refractivity contribution in [3.63, 3.8) is 0 Å². The third-order valence-corrected chi connectivity index (χ3v) is 5.50. The van der Waals surface area contributed by atoms with Gasteiger partial charge >= 0.3 is 0 Å². The Bertz CT molecular complexity index is 1010. The second-order valence-corrected chi connectivity index (χ2v) is 7.49. The second-order valence-electron chi connectivity index (χ2n) is 6.63. The first-order valence-corrected chi connectivity index (χ1v) is 10.4. The van der Waals surface area contributed by atoms with Crippen LogP contribution in [0.2, 0.25) is 0 Å². The highest BCUT2D eigenvalue weighted by Gasteiger charge is 2.16. The van der Waals surface area contributed by atoms with Crippen LogP contribution in [0.25, 0.3) is 21.3 Å². The van der Waals surface area contributed by atoms with E-state index in [1.165, 1.54) is 22.2 Å². The third-order valence-electron chi connectivity index (χ3n) is 4.62. The Kier molecular flexibility index (Phi) is 6.46. The minimum absolute atomic E-state index is 0.000548. The van der Waals surface area contributed by atoms with E-state index in [-0.39, 0.29) is 18.0 Å². The zero-order chi connectivity index (χ0) is 20.1. The van der Waals surface area contributed by atoms with Crippen LogP contribution < -0.4 is 10.3 Å². The molecule has 148 valence electrons. The molecule has 7 heteroatoms. The molecule has 0 aliphatic heterocycles. The first kappa shape index (κ1) is 20.1. The predicted molar refractivity (Wildman–Crippen MR) is 113 cm³/mol. The molecule has 0 saturated carbocycles. The molecular weight excluding hydrogens is 374 g/mol. The normalized spacial score (nSPS) is 11.0. The monoisotopic (exact) mass is 399 g/mol. The molecule has 0 bridgehead atoms. The molecule has 3 aromatic rings. The molecule has 0 radical (unpaired) electrons. The van der Waals surface area contributed by atoms with Crippen LogP contribution in [0.5, 0.6) is 5.75 Å². The van der Waals surface area contributed by atoms with E-state index in [1.54, 1.807) is 11.9 Å². The number of likely N-dealkylation sites (N-methyl/N-ethyl adjacent to an activating group) is 1. The number of fused-ring (bicyclic) bond motifs is 1. The Morgan fingerprint density at radius 3 is 2.68 bits per heavy atom. The predicted octanol–water partition coefficient (Wildman–Crippen LogP) is 3.78. The van der Waals surface area contributed by atoms with Crippen molar-refractivity contribution in [3.05, 3.63) is 46.3 Å². The fraction of sp³-hybridized carbons (Fsp3) is 0.381. The Morgan fingerprint density at radius 2 is 2.00 bits per heavy atom. The summed E-state index contributed by atoms with van der Waals surface area (Å²) in [5.74, 6) is 0.705. The van der Waals surface area contributed by atoms with Crippen molar-refractivity contribution in [2.24, 2.45) is 0 Å². The summed E-state index contributed by atoms with van der Waals surface area (Å²) >= 11 is 1.43. The number of nitrogens with zero attached hydrogens (tertiary/aromatic N) is 3. The maximum Gasteiger partial charge on any atom is 0.263 e. The molecule has 0 aliphatic carbocycles. The van der Waals surface area contributed by atoms with Crippen LogP contribution in [-0.2, 0) is 11.3 Å². The molecule has 1 aromatic carbocycles. The smallest absolute Gasteiger partial charge is 0.263 e. The molecule has 2 heterocycles. The lowest BCUT2D eigenvalue weighted by Crippen LogP contribution is -2.34. The molecule has 2 aromatic heterocycles. The molecule has 0 unspecified atom stereocenters. The summed E-state index contributed by atoms with van der Waals surface area (Å²) < 4.78 is 6.89. The minimum Gasteiger partial charge on any atom is -0.494 e. The Hall–Kier alpha value is -2.67. The van der Waals surface area contributed by atoms with Gasteiger partial charge in [0.05, 0.1) is 18.3 Å². The minimum atomic E-state index is -0.188. The standard InChI is InChI=1S/C21H25N3O3S/c1-4-6-11-23(3)18(25)12-24-14-22-20-19(21(24)26)17(13-28-20)15-7-9-16(10-8-15)27-5-2/h7-10,13-14H,4-6,11-12H2,1-3H3. The van der Waals surface area contributed by atoms with Crippen LogP contribution in [0.4, 0.5) is 0 Å². The molecular formula is C21H25N3O3S. The van der Waals surface area contributed by atoms with E-state index in [1.807, 2.05) is 36.6 Å². The molecule has 28 heavy (non-hydrogen) atoms. The number of hydrogen-bond donors (Lipinski definition) is 0. The average molecular weight is 400 g/mol. The molecule has 6 nitrogen and oxygen atoms in total. The van der Waals surface area contributed by atoms with E-state index < -0.39 is 0 Å². The van der Waals surface area contributed by atoms with Crippen molar-refractivity contribution >= 4 is 27.5 Å². The number of unbranched alkanes of at least 4 members (excludes halogenated alkanes) is 1. The fourth-order valence-electron chi connectivity index (χ4n) is 2.98. The lowest BCUT2D eigenvalue weighted by atomic mass is 10.1. The third kappa shape index (κ3) is 4.25. The number of ether oxygens (including phenoxy) is 1. The van der Waals surface area contributed by atoms with Crippen molar-refractivity contribution in [1.82, 2.24) is 14.5 Å². The molecule has 0 fully saturated rings. The van der Waals surface area contributed by atoms with E-state index >= 15 is 0 Å². The summed E-state index contributed by atoms with van der Waals surface area (Å²) in [5.41, 5.74) is 1.58. The Labute approximate surface area is 168 Å². The summed E-state index contributed by atoms with van der Waals surface area (Å²) in [4.78, 5) is 32.2. The second kappa shape index (κ2) is 9.01. The first-order chi connectivity index (χ1) is 13.5. The van der Waals surface area contributed by atoms with Gasteiger partial charge in [-0.3, -0.25) is 14.2 Å². The van der Waals surface area contributed by atoms with Crippen molar-refractivity contribution < 1.29 is 9.53 Å². The van der Waals surface area contributed by atoms with Crippen LogP contribution >= 0.6 is 11.3 Å². The number of carbonyl (C=O) groups excluding carboxylic acids is 1. The van der Waals surface area contributed by atoms with Gasteiger partial charge in [-0.05, 0) is 31.0 Å². The van der Waals surface area contributed by atoms with E-state index in [9.17, 15) is 9.59 Å². The van der Waals surface area contributed by atoms with Crippen LogP contribution in [0.3, 0.4) is 0 Å². The summed E-state index contributed by atoms with van der Waals surface area (Å²) in [5, 5.41) is 2.49. The highest BCUT2D eigenvalue weighted by Crippen LogP contribution is 2.31. The largest absolute Gasteiger partial charge is 0.494 e. The summed E-state index contributed by atoms with van der Waals surface area (Å²) in [6, 6.07) is 7.66. The maximum absolute atomic E-state index is 13.1. The van der Waals surface area contributed by atoms with E-state index in [0.29, 0.717) is 23.4 Å². The zero-order valence-electron chi connectivity index (χ0n) is 16.5. The van der Waals surface area contributed by atoms with Gasteiger partial charge in [0.25, 0.3) is 5.56 Å². The van der Waals surface area contributed by atoms with Crippen molar-refractivity contribution in [1.29, 1.82) is 0 Å². The van der Waals surface area contributed by atoms with Gasteiger partial charge in [-0.1, -0.05) is 25.5 Å². The zero-order valence-corrected chi connectivity index (χ0v) is 17.3. The Balaban J connectivity index is 1.91. The van der Waals surface area contributed by atoms with Gasteiger partial charge in [-0.15, -0.1) is 11.3 Å². The molecule has 0 atom stereocenters. The number of hydrogen-bond acceptors (Lipinski definition) is 5. The van der Waals surface area contributed by atoms with Gasteiger partial charge in [0, 0.05) is 24.5 Å². The van der Waals surface area contributed by atoms with Crippen molar-refractivity contribution in [2.45, 2.75) is 33.2 Å². The van der Waals surface area contributed by atoms with E-state index in [0.717, 1.165) is 29.7 Å². The fourth-order valence-corrected chi connectivity index (χ4v) is 3.88. The number of benzene rings is 1. The SMILES string of the molecule is CCCCN(C)C(=O)Cn1cnc2scc(-c3ccc(OCC)cc3)c2c1=O. The van der Waals surface area contributed by atoms with Crippen LogP contribution in [-0.4, -0.2) is 40.6 Å². The highest BCUT2D eigenvalue weighted by atomic mass is 32.1. The molecule has 0 spiro atoms. The van der Waals surface area contributed by atoms with Gasteiger partial charge < -0.3 is 9.64 Å². The lowest BCUT2D eigenvalue weighted by molar-refractivity contribution is -0.130. The van der Waals surface area contributed by atoms with Gasteiger partial charge in [-0.25, -0.2) is 4.98 Å². The molecule has 0 saturated heterocycles. The van der Waals surface area contributed by atoms with Gasteiger partial charge in [-0.2, -0.15) is 0 Å². The molecule has 0 N–H and O–H groups in total.